The summed E-state index contributed by atoms with van der Waals surface area (Å²) in [6.45, 7) is 4.21. The molecule has 0 aromatic heterocycles. The van der Waals surface area contributed by atoms with Gasteiger partial charge in [-0.25, -0.2) is 0 Å². The van der Waals surface area contributed by atoms with Gasteiger partial charge >= 0.3 is 0 Å². The van der Waals surface area contributed by atoms with E-state index in [1.165, 1.54) is 0 Å². The molecule has 116 valence electrons. The molecule has 0 radical (unpaired) electrons. The van der Waals surface area contributed by atoms with E-state index >= 15 is 0 Å². The fourth-order valence-corrected chi connectivity index (χ4v) is 3.15. The van der Waals surface area contributed by atoms with Crippen molar-refractivity contribution in [3.8, 4) is 5.75 Å². The van der Waals surface area contributed by atoms with E-state index in [1.807, 2.05) is 6.07 Å². The Balaban J connectivity index is 2.12. The number of aliphatic hydroxyl groups excluding tert-OH is 1. The van der Waals surface area contributed by atoms with E-state index in [1.54, 1.807) is 19.2 Å². The maximum absolute atomic E-state index is 12.6. The Bertz CT molecular complexity index is 507. The van der Waals surface area contributed by atoms with Gasteiger partial charge in [-0.2, -0.15) is 0 Å². The normalized spacial score (nSPS) is 16.4. The van der Waals surface area contributed by atoms with Crippen LogP contribution in [0.15, 0.2) is 18.2 Å². The number of rotatable bonds is 6. The highest BCUT2D eigenvalue weighted by atomic mass is 16.5. The fraction of sp³-hybridized carbons (Fsp3) is 0.588. The zero-order chi connectivity index (χ0) is 15.5. The van der Waals surface area contributed by atoms with E-state index in [0.717, 1.165) is 31.4 Å². The summed E-state index contributed by atoms with van der Waals surface area (Å²) in [5.74, 6) is 1.26. The second-order valence-corrected chi connectivity index (χ2v) is 6.37. The van der Waals surface area contributed by atoms with Gasteiger partial charge < -0.3 is 15.2 Å². The van der Waals surface area contributed by atoms with Gasteiger partial charge in [0.15, 0.2) is 0 Å². The molecule has 0 saturated heterocycles. The summed E-state index contributed by atoms with van der Waals surface area (Å²) in [6.07, 6.45) is 4.01. The molecule has 0 aliphatic heterocycles. The molecule has 0 bridgehead atoms. The van der Waals surface area contributed by atoms with Gasteiger partial charge in [0.1, 0.15) is 5.75 Å². The van der Waals surface area contributed by atoms with Gasteiger partial charge in [-0.1, -0.05) is 20.3 Å². The predicted molar refractivity (Wildman–Crippen MR) is 83.3 cm³/mol. The molecule has 0 atom stereocenters. The van der Waals surface area contributed by atoms with Crippen molar-refractivity contribution in [2.45, 2.75) is 46.1 Å². The largest absolute Gasteiger partial charge is 0.496 e. The topological polar surface area (TPSA) is 58.6 Å². The number of nitrogens with one attached hydrogen (secondary N) is 1. The second kappa shape index (κ2) is 6.48. The fourth-order valence-electron chi connectivity index (χ4n) is 3.15. The molecular weight excluding hydrogens is 266 g/mol. The van der Waals surface area contributed by atoms with Crippen molar-refractivity contribution < 1.29 is 14.6 Å². The number of ether oxygens (including phenoxy) is 1. The van der Waals surface area contributed by atoms with Crippen LogP contribution in [0, 0.1) is 11.3 Å². The SMILES string of the molecule is COc1ccc(NC(=O)C2(CC(C)C)CCC2)cc1CO. The molecule has 1 saturated carbocycles. The number of carbonyl (C=O) groups is 1. The third-order valence-corrected chi connectivity index (χ3v) is 4.30. The first-order chi connectivity index (χ1) is 10.0. The van der Waals surface area contributed by atoms with Crippen LogP contribution >= 0.6 is 0 Å². The van der Waals surface area contributed by atoms with Crippen molar-refractivity contribution >= 4 is 11.6 Å². The van der Waals surface area contributed by atoms with E-state index in [0.29, 0.717) is 17.2 Å². The maximum atomic E-state index is 12.6. The van der Waals surface area contributed by atoms with E-state index in [4.69, 9.17) is 4.74 Å². The quantitative estimate of drug-likeness (QED) is 0.845. The van der Waals surface area contributed by atoms with Crippen LogP contribution in [0.2, 0.25) is 0 Å². The van der Waals surface area contributed by atoms with Crippen LogP contribution < -0.4 is 10.1 Å². The number of hydrogen-bond donors (Lipinski definition) is 2. The zero-order valence-electron chi connectivity index (χ0n) is 13.1. The van der Waals surface area contributed by atoms with Crippen molar-refractivity contribution in [1.29, 1.82) is 0 Å². The van der Waals surface area contributed by atoms with Gasteiger partial charge in [0.25, 0.3) is 0 Å². The molecule has 1 amide bonds. The van der Waals surface area contributed by atoms with E-state index in [9.17, 15) is 9.90 Å². The Morgan fingerprint density at radius 2 is 2.14 bits per heavy atom. The molecule has 4 nitrogen and oxygen atoms in total. The number of amides is 1. The summed E-state index contributed by atoms with van der Waals surface area (Å²) in [4.78, 5) is 12.6. The smallest absolute Gasteiger partial charge is 0.230 e. The molecule has 0 heterocycles. The van der Waals surface area contributed by atoms with Crippen molar-refractivity contribution in [2.24, 2.45) is 11.3 Å². The average Bonchev–Trinajstić information content (AvgIpc) is 2.42. The molecular formula is C17H25NO3. The predicted octanol–water partition coefficient (Wildman–Crippen LogP) is 3.34. The van der Waals surface area contributed by atoms with E-state index < -0.39 is 0 Å². The minimum atomic E-state index is -0.201. The lowest BCUT2D eigenvalue weighted by molar-refractivity contribution is -0.131. The Hall–Kier alpha value is -1.55. The first-order valence-corrected chi connectivity index (χ1v) is 7.60. The molecule has 1 fully saturated rings. The lowest BCUT2D eigenvalue weighted by Crippen LogP contribution is -2.43. The first kappa shape index (κ1) is 15.8. The number of aliphatic hydroxyl groups is 1. The Morgan fingerprint density at radius 1 is 1.43 bits per heavy atom. The molecule has 1 aromatic rings. The summed E-state index contributed by atoms with van der Waals surface area (Å²) in [7, 11) is 1.57. The van der Waals surface area contributed by atoms with Gasteiger partial charge in [-0.3, -0.25) is 4.79 Å². The van der Waals surface area contributed by atoms with Crippen LogP contribution in [0.5, 0.6) is 5.75 Å². The van der Waals surface area contributed by atoms with Crippen LogP contribution in [0.25, 0.3) is 0 Å². The van der Waals surface area contributed by atoms with Crippen LogP contribution in [-0.4, -0.2) is 18.1 Å². The highest BCUT2D eigenvalue weighted by Crippen LogP contribution is 2.46. The summed E-state index contributed by atoms with van der Waals surface area (Å²) in [5, 5.41) is 12.4. The molecule has 4 heteroatoms. The van der Waals surface area contributed by atoms with Gasteiger partial charge in [0.05, 0.1) is 13.7 Å². The minimum Gasteiger partial charge on any atom is -0.496 e. The number of benzene rings is 1. The van der Waals surface area contributed by atoms with Crippen LogP contribution in [0.4, 0.5) is 5.69 Å². The van der Waals surface area contributed by atoms with Crippen LogP contribution in [-0.2, 0) is 11.4 Å². The van der Waals surface area contributed by atoms with Crippen molar-refractivity contribution in [3.05, 3.63) is 23.8 Å². The molecule has 1 aromatic carbocycles. The Morgan fingerprint density at radius 3 is 2.62 bits per heavy atom. The molecule has 1 aliphatic carbocycles. The van der Waals surface area contributed by atoms with Crippen LogP contribution in [0.3, 0.4) is 0 Å². The number of anilines is 1. The summed E-state index contributed by atoms with van der Waals surface area (Å²) in [5.41, 5.74) is 1.20. The van der Waals surface area contributed by atoms with E-state index in [2.05, 4.69) is 19.2 Å². The summed E-state index contributed by atoms with van der Waals surface area (Å²) >= 11 is 0. The standard InChI is InChI=1S/C17H25NO3/c1-12(2)10-17(7-4-8-17)16(20)18-14-5-6-15(21-3)13(9-14)11-19/h5-6,9,12,19H,4,7-8,10-11H2,1-3H3,(H,18,20). The molecule has 0 unspecified atom stereocenters. The molecule has 2 N–H and O–H groups in total. The average molecular weight is 291 g/mol. The maximum Gasteiger partial charge on any atom is 0.230 e. The third kappa shape index (κ3) is 3.38. The lowest BCUT2D eigenvalue weighted by Gasteiger charge is -2.41. The number of carbonyl (C=O) groups excluding carboxylic acids is 1. The van der Waals surface area contributed by atoms with Gasteiger partial charge in [-0.05, 0) is 43.4 Å². The molecule has 1 aliphatic rings. The van der Waals surface area contributed by atoms with Crippen molar-refractivity contribution in [1.82, 2.24) is 0 Å². The highest BCUT2D eigenvalue weighted by molar-refractivity contribution is 5.96. The second-order valence-electron chi connectivity index (χ2n) is 6.37. The van der Waals surface area contributed by atoms with Crippen LogP contribution in [0.1, 0.15) is 45.1 Å². The van der Waals surface area contributed by atoms with Crippen molar-refractivity contribution in [3.63, 3.8) is 0 Å². The number of hydrogen-bond acceptors (Lipinski definition) is 3. The minimum absolute atomic E-state index is 0.107. The Kier molecular flexibility index (Phi) is 4.88. The highest BCUT2D eigenvalue weighted by Gasteiger charge is 2.44. The first-order valence-electron chi connectivity index (χ1n) is 7.60. The molecule has 21 heavy (non-hydrogen) atoms. The molecule has 2 rings (SSSR count). The molecule has 0 spiro atoms. The lowest BCUT2D eigenvalue weighted by atomic mass is 9.64. The zero-order valence-corrected chi connectivity index (χ0v) is 13.1. The summed E-state index contributed by atoms with van der Waals surface area (Å²) in [6, 6.07) is 5.37. The summed E-state index contributed by atoms with van der Waals surface area (Å²) < 4.78 is 5.18. The Labute approximate surface area is 126 Å². The third-order valence-electron chi connectivity index (χ3n) is 4.30. The van der Waals surface area contributed by atoms with Gasteiger partial charge in [0, 0.05) is 16.7 Å². The van der Waals surface area contributed by atoms with Gasteiger partial charge in [0.2, 0.25) is 5.91 Å². The van der Waals surface area contributed by atoms with E-state index in [-0.39, 0.29) is 17.9 Å². The van der Waals surface area contributed by atoms with Gasteiger partial charge in [-0.15, -0.1) is 0 Å². The van der Waals surface area contributed by atoms with Crippen molar-refractivity contribution in [2.75, 3.05) is 12.4 Å². The monoisotopic (exact) mass is 291 g/mol. The number of methoxy groups -OCH3 is 1.